The third-order valence-corrected chi connectivity index (χ3v) is 3.30. The Balaban J connectivity index is 1.84. The second-order valence-corrected chi connectivity index (χ2v) is 4.87. The fraction of sp³-hybridized carbons (Fsp3) is 0.500. The Morgan fingerprint density at radius 2 is 2.21 bits per heavy atom. The van der Waals surface area contributed by atoms with Crippen molar-refractivity contribution in [3.63, 3.8) is 0 Å². The van der Waals surface area contributed by atoms with Crippen LogP contribution in [0.5, 0.6) is 0 Å². The summed E-state index contributed by atoms with van der Waals surface area (Å²) in [7, 11) is 0. The quantitative estimate of drug-likeness (QED) is 0.850. The number of carbonyl (C=O) groups excluding carboxylic acids is 1. The molecule has 1 aromatic rings. The Hall–Kier alpha value is -1.46. The molecule has 1 aliphatic heterocycles. The lowest BCUT2D eigenvalue weighted by Gasteiger charge is -2.27. The molecule has 0 aromatic heterocycles. The maximum atomic E-state index is 13.1. The molecule has 5 heteroatoms. The van der Waals surface area contributed by atoms with Gasteiger partial charge in [0.25, 0.3) is 0 Å². The first-order valence-corrected chi connectivity index (χ1v) is 6.63. The third-order valence-electron chi connectivity index (χ3n) is 3.30. The highest BCUT2D eigenvalue weighted by atomic mass is 19.1. The van der Waals surface area contributed by atoms with E-state index in [1.54, 1.807) is 6.07 Å². The molecule has 1 amide bonds. The van der Waals surface area contributed by atoms with E-state index in [0.29, 0.717) is 6.54 Å². The van der Waals surface area contributed by atoms with Gasteiger partial charge in [0, 0.05) is 26.2 Å². The summed E-state index contributed by atoms with van der Waals surface area (Å²) in [5.74, 6) is -0.292. The normalized spacial score (nSPS) is 18.0. The Morgan fingerprint density at radius 1 is 1.47 bits per heavy atom. The molecule has 2 rings (SSSR count). The molecule has 0 spiro atoms. The first-order chi connectivity index (χ1) is 9.15. The third kappa shape index (κ3) is 4.29. The van der Waals surface area contributed by atoms with Crippen LogP contribution in [0.25, 0.3) is 0 Å². The number of nitrogens with zero attached hydrogens (tertiary/aromatic N) is 1. The average molecular weight is 265 g/mol. The number of piperazine rings is 1. The van der Waals surface area contributed by atoms with Gasteiger partial charge in [0.2, 0.25) is 5.91 Å². The van der Waals surface area contributed by atoms with Crippen LogP contribution in [0.15, 0.2) is 24.3 Å². The van der Waals surface area contributed by atoms with Crippen molar-refractivity contribution in [3.8, 4) is 0 Å². The summed E-state index contributed by atoms with van der Waals surface area (Å²) in [6.45, 7) is 5.90. The van der Waals surface area contributed by atoms with Gasteiger partial charge in [-0.1, -0.05) is 12.1 Å². The maximum Gasteiger partial charge on any atom is 0.234 e. The van der Waals surface area contributed by atoms with Crippen LogP contribution in [0.4, 0.5) is 4.39 Å². The molecule has 4 nitrogen and oxygen atoms in total. The van der Waals surface area contributed by atoms with Crippen molar-refractivity contribution in [3.05, 3.63) is 35.6 Å². The van der Waals surface area contributed by atoms with E-state index in [9.17, 15) is 9.18 Å². The van der Waals surface area contributed by atoms with Crippen LogP contribution in [0.2, 0.25) is 0 Å². The van der Waals surface area contributed by atoms with Gasteiger partial charge >= 0.3 is 0 Å². The zero-order valence-corrected chi connectivity index (χ0v) is 11.2. The standard InChI is InChI=1S/C14H20FN3O/c1-11(12-3-2-4-13(15)9-12)17-14(19)10-18-7-5-16-6-8-18/h2-4,9,11,16H,5-8,10H2,1H3,(H,17,19)/t11-/m1/s1. The van der Waals surface area contributed by atoms with E-state index in [-0.39, 0.29) is 17.8 Å². The zero-order chi connectivity index (χ0) is 13.7. The first kappa shape index (κ1) is 14.0. The first-order valence-electron chi connectivity index (χ1n) is 6.63. The van der Waals surface area contributed by atoms with E-state index in [4.69, 9.17) is 0 Å². The van der Waals surface area contributed by atoms with Gasteiger partial charge in [-0.05, 0) is 24.6 Å². The van der Waals surface area contributed by atoms with Gasteiger partial charge in [0.1, 0.15) is 5.82 Å². The van der Waals surface area contributed by atoms with E-state index in [1.165, 1.54) is 12.1 Å². The molecule has 0 radical (unpaired) electrons. The van der Waals surface area contributed by atoms with Gasteiger partial charge in [-0.3, -0.25) is 9.69 Å². The smallest absolute Gasteiger partial charge is 0.234 e. The molecule has 1 atom stereocenters. The average Bonchev–Trinajstić information content (AvgIpc) is 2.39. The summed E-state index contributed by atoms with van der Waals surface area (Å²) in [5.41, 5.74) is 0.786. The molecule has 104 valence electrons. The van der Waals surface area contributed by atoms with Crippen LogP contribution in [-0.4, -0.2) is 43.5 Å². The molecule has 0 aliphatic carbocycles. The molecule has 1 aromatic carbocycles. The number of carbonyl (C=O) groups is 1. The molecule has 1 saturated heterocycles. The van der Waals surface area contributed by atoms with Crippen molar-refractivity contribution < 1.29 is 9.18 Å². The Kier molecular flexibility index (Phi) is 4.87. The van der Waals surface area contributed by atoms with E-state index in [1.807, 2.05) is 13.0 Å². The largest absolute Gasteiger partial charge is 0.348 e. The summed E-state index contributed by atoms with van der Waals surface area (Å²) in [5, 5.41) is 6.15. The fourth-order valence-corrected chi connectivity index (χ4v) is 2.22. The number of nitrogens with one attached hydrogen (secondary N) is 2. The molecule has 1 aliphatic rings. The minimum atomic E-state index is -0.277. The molecule has 0 saturated carbocycles. The summed E-state index contributed by atoms with van der Waals surface area (Å²) in [4.78, 5) is 14.0. The van der Waals surface area contributed by atoms with Crippen LogP contribution in [0.3, 0.4) is 0 Å². The lowest BCUT2D eigenvalue weighted by molar-refractivity contribution is -0.123. The van der Waals surface area contributed by atoms with E-state index < -0.39 is 0 Å². The van der Waals surface area contributed by atoms with Gasteiger partial charge in [-0.15, -0.1) is 0 Å². The van der Waals surface area contributed by atoms with Crippen molar-refractivity contribution >= 4 is 5.91 Å². The monoisotopic (exact) mass is 265 g/mol. The van der Waals surface area contributed by atoms with E-state index in [2.05, 4.69) is 15.5 Å². The molecule has 1 heterocycles. The number of hydrogen-bond donors (Lipinski definition) is 2. The fourth-order valence-electron chi connectivity index (χ4n) is 2.22. The van der Waals surface area contributed by atoms with Crippen molar-refractivity contribution in [2.24, 2.45) is 0 Å². The Morgan fingerprint density at radius 3 is 2.89 bits per heavy atom. The Labute approximate surface area is 113 Å². The highest BCUT2D eigenvalue weighted by Crippen LogP contribution is 2.13. The van der Waals surface area contributed by atoms with Crippen LogP contribution >= 0.6 is 0 Å². The minimum absolute atomic E-state index is 0.0151. The second-order valence-electron chi connectivity index (χ2n) is 4.87. The van der Waals surface area contributed by atoms with Crippen LogP contribution in [0.1, 0.15) is 18.5 Å². The predicted molar refractivity (Wildman–Crippen MR) is 72.3 cm³/mol. The SMILES string of the molecule is C[C@@H](NC(=O)CN1CCNCC1)c1cccc(F)c1. The predicted octanol–water partition coefficient (Wildman–Crippen LogP) is 0.908. The lowest BCUT2D eigenvalue weighted by atomic mass is 10.1. The number of hydrogen-bond acceptors (Lipinski definition) is 3. The van der Waals surface area contributed by atoms with Gasteiger partial charge in [-0.2, -0.15) is 0 Å². The van der Waals surface area contributed by atoms with Crippen molar-refractivity contribution in [2.75, 3.05) is 32.7 Å². The minimum Gasteiger partial charge on any atom is -0.348 e. The Bertz CT molecular complexity index is 432. The van der Waals surface area contributed by atoms with Crippen molar-refractivity contribution in [1.82, 2.24) is 15.5 Å². The molecule has 2 N–H and O–H groups in total. The number of halogens is 1. The molecular weight excluding hydrogens is 245 g/mol. The van der Waals surface area contributed by atoms with Gasteiger partial charge in [0.15, 0.2) is 0 Å². The highest BCUT2D eigenvalue weighted by Gasteiger charge is 2.15. The zero-order valence-electron chi connectivity index (χ0n) is 11.2. The number of benzene rings is 1. The lowest BCUT2D eigenvalue weighted by Crippen LogP contribution is -2.47. The topological polar surface area (TPSA) is 44.4 Å². The molecule has 0 bridgehead atoms. The van der Waals surface area contributed by atoms with Gasteiger partial charge < -0.3 is 10.6 Å². The van der Waals surface area contributed by atoms with Gasteiger partial charge in [-0.25, -0.2) is 4.39 Å². The van der Waals surface area contributed by atoms with Gasteiger partial charge in [0.05, 0.1) is 12.6 Å². The van der Waals surface area contributed by atoms with Crippen molar-refractivity contribution in [1.29, 1.82) is 0 Å². The maximum absolute atomic E-state index is 13.1. The van der Waals surface area contributed by atoms with Crippen LogP contribution < -0.4 is 10.6 Å². The van der Waals surface area contributed by atoms with E-state index >= 15 is 0 Å². The second kappa shape index (κ2) is 6.63. The van der Waals surface area contributed by atoms with Crippen LogP contribution in [-0.2, 0) is 4.79 Å². The van der Waals surface area contributed by atoms with Crippen LogP contribution in [0, 0.1) is 5.82 Å². The number of amides is 1. The summed E-state index contributed by atoms with van der Waals surface area (Å²) < 4.78 is 13.1. The molecular formula is C14H20FN3O. The molecule has 0 unspecified atom stereocenters. The number of rotatable bonds is 4. The highest BCUT2D eigenvalue weighted by molar-refractivity contribution is 5.78. The molecule has 1 fully saturated rings. The summed E-state index contributed by atoms with van der Waals surface area (Å²) in [6, 6.07) is 6.16. The van der Waals surface area contributed by atoms with E-state index in [0.717, 1.165) is 31.7 Å². The molecule has 19 heavy (non-hydrogen) atoms. The summed E-state index contributed by atoms with van der Waals surface area (Å²) in [6.07, 6.45) is 0. The van der Waals surface area contributed by atoms with Crippen molar-refractivity contribution in [2.45, 2.75) is 13.0 Å². The summed E-state index contributed by atoms with van der Waals surface area (Å²) >= 11 is 0.